The first-order valence-corrected chi connectivity index (χ1v) is 8.12. The lowest BCUT2D eigenvalue weighted by atomic mass is 9.87. The van der Waals surface area contributed by atoms with Crippen molar-refractivity contribution < 1.29 is 5.11 Å². The van der Waals surface area contributed by atoms with Gasteiger partial charge in [0.05, 0.1) is 0 Å². The predicted molar refractivity (Wildman–Crippen MR) is 78.1 cm³/mol. The Morgan fingerprint density at radius 3 is 2.32 bits per heavy atom. The summed E-state index contributed by atoms with van der Waals surface area (Å²) in [5.74, 6) is 2.25. The first-order valence-electron chi connectivity index (χ1n) is 8.12. The van der Waals surface area contributed by atoms with Gasteiger partial charge in [0.1, 0.15) is 0 Å². The second kappa shape index (κ2) is 5.01. The number of aliphatic hydroxyl groups excluding tert-OH is 1. The molecule has 0 spiro atoms. The van der Waals surface area contributed by atoms with E-state index in [4.69, 9.17) is 0 Å². The average Bonchev–Trinajstić information content (AvgIpc) is 2.80. The minimum Gasteiger partial charge on any atom is -0.396 e. The van der Waals surface area contributed by atoms with E-state index in [9.17, 15) is 5.11 Å². The summed E-state index contributed by atoms with van der Waals surface area (Å²) in [6.07, 6.45) is 5.46. The highest BCUT2D eigenvalue weighted by Gasteiger charge is 2.56. The number of piperidine rings is 1. The summed E-state index contributed by atoms with van der Waals surface area (Å²) in [7, 11) is 0. The standard InChI is InChI=1S/C16H30N2O/c1-16(2,3)17-14-6-4-5-7-15(14)18-8-11-12(9-18)13(11)10-19/h11-15,17,19H,4-10H2,1-3H3/t11-,12+,13+,14-,15-/m0/s1. The second-order valence-corrected chi connectivity index (χ2v) is 7.98. The van der Waals surface area contributed by atoms with E-state index in [1.165, 1.54) is 38.8 Å². The molecule has 5 atom stereocenters. The summed E-state index contributed by atoms with van der Waals surface area (Å²) in [5.41, 5.74) is 0.219. The molecule has 2 aliphatic carbocycles. The van der Waals surface area contributed by atoms with E-state index in [0.717, 1.165) is 17.9 Å². The number of rotatable bonds is 3. The lowest BCUT2D eigenvalue weighted by Gasteiger charge is -2.42. The Bertz CT molecular complexity index is 313. The molecule has 0 amide bonds. The SMILES string of the molecule is CC(C)(C)N[C@H]1CCCC[C@@H]1N1C[C@@H]2[C@@H](CO)[C@@H]2C1. The summed E-state index contributed by atoms with van der Waals surface area (Å²) < 4.78 is 0. The van der Waals surface area contributed by atoms with Crippen molar-refractivity contribution in [3.8, 4) is 0 Å². The topological polar surface area (TPSA) is 35.5 Å². The van der Waals surface area contributed by atoms with Crippen LogP contribution in [0.2, 0.25) is 0 Å². The molecule has 3 aliphatic rings. The van der Waals surface area contributed by atoms with Gasteiger partial charge in [-0.05, 0) is 51.4 Å². The molecule has 0 aromatic rings. The first-order chi connectivity index (χ1) is 8.99. The molecule has 3 heteroatoms. The molecule has 1 saturated heterocycles. The van der Waals surface area contributed by atoms with Gasteiger partial charge in [0.25, 0.3) is 0 Å². The zero-order chi connectivity index (χ0) is 13.6. The maximum atomic E-state index is 9.28. The summed E-state index contributed by atoms with van der Waals surface area (Å²) in [5, 5.41) is 13.1. The maximum absolute atomic E-state index is 9.28. The monoisotopic (exact) mass is 266 g/mol. The molecule has 0 radical (unpaired) electrons. The molecule has 1 heterocycles. The molecule has 110 valence electrons. The Balaban J connectivity index is 1.59. The first kappa shape index (κ1) is 13.8. The molecule has 3 rings (SSSR count). The van der Waals surface area contributed by atoms with E-state index in [0.29, 0.717) is 18.6 Å². The second-order valence-electron chi connectivity index (χ2n) is 7.98. The van der Waals surface area contributed by atoms with Gasteiger partial charge in [0.2, 0.25) is 0 Å². The molecule has 0 bridgehead atoms. The van der Waals surface area contributed by atoms with Crippen LogP contribution in [-0.4, -0.2) is 47.3 Å². The largest absolute Gasteiger partial charge is 0.396 e. The van der Waals surface area contributed by atoms with Gasteiger partial charge in [-0.25, -0.2) is 0 Å². The Hall–Kier alpha value is -0.120. The van der Waals surface area contributed by atoms with E-state index in [-0.39, 0.29) is 5.54 Å². The lowest BCUT2D eigenvalue weighted by molar-refractivity contribution is 0.109. The van der Waals surface area contributed by atoms with Crippen LogP contribution in [0.15, 0.2) is 0 Å². The summed E-state index contributed by atoms with van der Waals surface area (Å²) in [6, 6.07) is 1.40. The minimum atomic E-state index is 0.219. The number of aliphatic hydroxyl groups is 1. The summed E-state index contributed by atoms with van der Waals surface area (Å²) in [4.78, 5) is 2.73. The zero-order valence-electron chi connectivity index (χ0n) is 12.7. The van der Waals surface area contributed by atoms with Crippen LogP contribution in [0.1, 0.15) is 46.5 Å². The average molecular weight is 266 g/mol. The number of nitrogens with one attached hydrogen (secondary N) is 1. The van der Waals surface area contributed by atoms with Gasteiger partial charge in [-0.1, -0.05) is 12.8 Å². The number of likely N-dealkylation sites (tertiary alicyclic amines) is 1. The number of nitrogens with zero attached hydrogens (tertiary/aromatic N) is 1. The molecule has 0 aromatic heterocycles. The van der Waals surface area contributed by atoms with Gasteiger partial charge < -0.3 is 10.4 Å². The van der Waals surface area contributed by atoms with E-state index in [1.807, 2.05) is 0 Å². The van der Waals surface area contributed by atoms with Gasteiger partial charge in [-0.2, -0.15) is 0 Å². The summed E-state index contributed by atoms with van der Waals surface area (Å²) in [6.45, 7) is 9.73. The van der Waals surface area contributed by atoms with Crippen molar-refractivity contribution in [3.05, 3.63) is 0 Å². The Morgan fingerprint density at radius 2 is 1.74 bits per heavy atom. The molecule has 1 aliphatic heterocycles. The molecular formula is C16H30N2O. The maximum Gasteiger partial charge on any atom is 0.0465 e. The van der Waals surface area contributed by atoms with Crippen molar-refractivity contribution in [2.24, 2.45) is 17.8 Å². The van der Waals surface area contributed by atoms with Crippen LogP contribution >= 0.6 is 0 Å². The van der Waals surface area contributed by atoms with Crippen molar-refractivity contribution in [1.82, 2.24) is 10.2 Å². The van der Waals surface area contributed by atoms with Crippen LogP contribution in [0.5, 0.6) is 0 Å². The molecule has 2 saturated carbocycles. The van der Waals surface area contributed by atoms with Crippen LogP contribution < -0.4 is 5.32 Å². The Kier molecular flexibility index (Phi) is 3.65. The normalized spacial score (nSPS) is 43.3. The third-order valence-corrected chi connectivity index (χ3v) is 5.43. The van der Waals surface area contributed by atoms with E-state index >= 15 is 0 Å². The molecular weight excluding hydrogens is 236 g/mol. The van der Waals surface area contributed by atoms with Crippen molar-refractivity contribution >= 4 is 0 Å². The van der Waals surface area contributed by atoms with Gasteiger partial charge in [-0.15, -0.1) is 0 Å². The number of hydrogen-bond donors (Lipinski definition) is 2. The molecule has 3 nitrogen and oxygen atoms in total. The third kappa shape index (κ3) is 2.84. The molecule has 2 N–H and O–H groups in total. The Morgan fingerprint density at radius 1 is 1.11 bits per heavy atom. The van der Waals surface area contributed by atoms with Gasteiger partial charge in [0.15, 0.2) is 0 Å². The lowest BCUT2D eigenvalue weighted by Crippen LogP contribution is -2.56. The molecule has 19 heavy (non-hydrogen) atoms. The highest BCUT2D eigenvalue weighted by molar-refractivity contribution is 5.07. The van der Waals surface area contributed by atoms with Crippen LogP contribution in [0.3, 0.4) is 0 Å². The van der Waals surface area contributed by atoms with Crippen LogP contribution in [-0.2, 0) is 0 Å². The fraction of sp³-hybridized carbons (Fsp3) is 1.00. The molecule has 0 unspecified atom stereocenters. The van der Waals surface area contributed by atoms with Crippen molar-refractivity contribution in [2.45, 2.75) is 64.1 Å². The van der Waals surface area contributed by atoms with Gasteiger partial charge in [-0.3, -0.25) is 4.90 Å². The number of hydrogen-bond acceptors (Lipinski definition) is 3. The fourth-order valence-electron chi connectivity index (χ4n) is 4.50. The van der Waals surface area contributed by atoms with E-state index in [2.05, 4.69) is 31.0 Å². The predicted octanol–water partition coefficient (Wildman–Crippen LogP) is 1.86. The van der Waals surface area contributed by atoms with E-state index in [1.54, 1.807) is 0 Å². The smallest absolute Gasteiger partial charge is 0.0465 e. The third-order valence-electron chi connectivity index (χ3n) is 5.43. The highest BCUT2D eigenvalue weighted by atomic mass is 16.3. The van der Waals surface area contributed by atoms with Crippen LogP contribution in [0.25, 0.3) is 0 Å². The van der Waals surface area contributed by atoms with Crippen molar-refractivity contribution in [2.75, 3.05) is 19.7 Å². The highest BCUT2D eigenvalue weighted by Crippen LogP contribution is 2.52. The van der Waals surface area contributed by atoms with Gasteiger partial charge in [0, 0.05) is 37.3 Å². The van der Waals surface area contributed by atoms with Gasteiger partial charge >= 0.3 is 0 Å². The number of fused-ring (bicyclic) bond motifs is 1. The van der Waals surface area contributed by atoms with Crippen molar-refractivity contribution in [3.63, 3.8) is 0 Å². The molecule has 3 fully saturated rings. The Labute approximate surface area is 117 Å². The van der Waals surface area contributed by atoms with Crippen LogP contribution in [0.4, 0.5) is 0 Å². The fourth-order valence-corrected chi connectivity index (χ4v) is 4.50. The van der Waals surface area contributed by atoms with E-state index < -0.39 is 0 Å². The molecule has 0 aromatic carbocycles. The quantitative estimate of drug-likeness (QED) is 0.818. The van der Waals surface area contributed by atoms with Crippen LogP contribution in [0, 0.1) is 17.8 Å². The minimum absolute atomic E-state index is 0.219. The summed E-state index contributed by atoms with van der Waals surface area (Å²) >= 11 is 0. The van der Waals surface area contributed by atoms with Crippen molar-refractivity contribution in [1.29, 1.82) is 0 Å². The zero-order valence-corrected chi connectivity index (χ0v) is 12.7.